The summed E-state index contributed by atoms with van der Waals surface area (Å²) in [5, 5.41) is 23.7. The third-order valence-corrected chi connectivity index (χ3v) is 4.58. The molecule has 0 bridgehead atoms. The predicted molar refractivity (Wildman–Crippen MR) is 99.2 cm³/mol. The largest absolute Gasteiger partial charge is 0.508 e. The number of hydrogen-bond acceptors (Lipinski definition) is 5. The van der Waals surface area contributed by atoms with E-state index in [1.165, 1.54) is 0 Å². The van der Waals surface area contributed by atoms with Crippen LogP contribution in [0.2, 0.25) is 0 Å². The fourth-order valence-corrected chi connectivity index (χ4v) is 3.45. The first kappa shape index (κ1) is 16.9. The van der Waals surface area contributed by atoms with Gasteiger partial charge in [0.2, 0.25) is 0 Å². The molecule has 2 aromatic carbocycles. The zero-order valence-corrected chi connectivity index (χ0v) is 14.7. The molecule has 0 atom stereocenters. The fourth-order valence-electron chi connectivity index (χ4n) is 3.45. The highest BCUT2D eigenvalue weighted by molar-refractivity contribution is 6.13. The minimum absolute atomic E-state index is 0.141. The molecule has 4 rings (SSSR count). The number of hydrogen-bond donors (Lipinski definition) is 3. The van der Waals surface area contributed by atoms with Gasteiger partial charge in [-0.15, -0.1) is 0 Å². The first-order valence-electron chi connectivity index (χ1n) is 8.33. The lowest BCUT2D eigenvalue weighted by atomic mass is 10.0. The van der Waals surface area contributed by atoms with Gasteiger partial charge >= 0.3 is 0 Å². The summed E-state index contributed by atoms with van der Waals surface area (Å²) in [5.41, 5.74) is 5.45. The average Bonchev–Trinajstić information content (AvgIpc) is 3.18. The number of phenolic OH excluding ortho intramolecular Hbond substituents is 1. The maximum absolute atomic E-state index is 12.6. The molecule has 2 heterocycles. The van der Waals surface area contributed by atoms with Crippen LogP contribution in [0.3, 0.4) is 0 Å². The fraction of sp³-hybridized carbons (Fsp3) is 0.100. The Kier molecular flexibility index (Phi) is 3.93. The summed E-state index contributed by atoms with van der Waals surface area (Å²) in [7, 11) is 0. The van der Waals surface area contributed by atoms with Crippen LogP contribution in [0.1, 0.15) is 21.8 Å². The van der Waals surface area contributed by atoms with E-state index in [9.17, 15) is 15.1 Å². The number of carbonyl (C=O) groups excluding carboxylic acids is 1. The number of nitrogens with zero attached hydrogens (tertiary/aromatic N) is 2. The standard InChI is InChI=1S/C20H17N3O4/c1-11-17(12(2)27-22-11)19-18(20(25)21-26)15-5-3-4-6-16(15)23(19)13-7-9-14(24)10-8-13/h3-10,24,26H,1-2H3,(H,21,25). The number of fused-ring (bicyclic) bond motifs is 1. The van der Waals surface area contributed by atoms with Gasteiger partial charge in [-0.2, -0.15) is 0 Å². The first-order valence-corrected chi connectivity index (χ1v) is 8.33. The highest BCUT2D eigenvalue weighted by atomic mass is 16.5. The van der Waals surface area contributed by atoms with Gasteiger partial charge in [-0.25, -0.2) is 5.48 Å². The number of benzene rings is 2. The van der Waals surface area contributed by atoms with Crippen LogP contribution in [0, 0.1) is 13.8 Å². The summed E-state index contributed by atoms with van der Waals surface area (Å²) < 4.78 is 7.22. The molecule has 7 nitrogen and oxygen atoms in total. The van der Waals surface area contributed by atoms with E-state index in [-0.39, 0.29) is 5.75 Å². The van der Waals surface area contributed by atoms with Crippen molar-refractivity contribution >= 4 is 16.8 Å². The van der Waals surface area contributed by atoms with Crippen molar-refractivity contribution in [2.45, 2.75) is 13.8 Å². The molecule has 7 heteroatoms. The molecule has 4 aromatic rings. The quantitative estimate of drug-likeness (QED) is 0.380. The highest BCUT2D eigenvalue weighted by Gasteiger charge is 2.28. The van der Waals surface area contributed by atoms with Gasteiger partial charge in [0.25, 0.3) is 5.91 Å². The summed E-state index contributed by atoms with van der Waals surface area (Å²) in [6, 6.07) is 14.1. The van der Waals surface area contributed by atoms with Gasteiger partial charge in [0, 0.05) is 11.1 Å². The summed E-state index contributed by atoms with van der Waals surface area (Å²) in [4.78, 5) is 12.6. The Morgan fingerprint density at radius 3 is 2.44 bits per heavy atom. The topological polar surface area (TPSA) is 101 Å². The SMILES string of the molecule is Cc1noc(C)c1-c1c(C(=O)NO)c2ccccc2n1-c1ccc(O)cc1. The second-order valence-electron chi connectivity index (χ2n) is 6.23. The van der Waals surface area contributed by atoms with Crippen molar-refractivity contribution in [2.24, 2.45) is 0 Å². The van der Waals surface area contributed by atoms with Crippen molar-refractivity contribution in [1.29, 1.82) is 0 Å². The lowest BCUT2D eigenvalue weighted by Crippen LogP contribution is -2.19. The molecule has 0 saturated carbocycles. The van der Waals surface area contributed by atoms with Gasteiger partial charge < -0.3 is 14.2 Å². The van der Waals surface area contributed by atoms with Crippen LogP contribution >= 0.6 is 0 Å². The summed E-state index contributed by atoms with van der Waals surface area (Å²) in [6.07, 6.45) is 0. The number of carbonyl (C=O) groups is 1. The number of amides is 1. The molecule has 27 heavy (non-hydrogen) atoms. The number of aryl methyl sites for hydroxylation is 2. The van der Waals surface area contributed by atoms with Crippen LogP contribution in [0.25, 0.3) is 27.8 Å². The van der Waals surface area contributed by atoms with Gasteiger partial charge in [0.05, 0.1) is 28.0 Å². The minimum atomic E-state index is -0.626. The lowest BCUT2D eigenvalue weighted by molar-refractivity contribution is 0.0709. The van der Waals surface area contributed by atoms with E-state index in [4.69, 9.17) is 4.52 Å². The Bertz CT molecular complexity index is 1140. The molecular formula is C20H17N3O4. The van der Waals surface area contributed by atoms with Crippen LogP contribution < -0.4 is 5.48 Å². The number of nitrogens with one attached hydrogen (secondary N) is 1. The van der Waals surface area contributed by atoms with E-state index < -0.39 is 5.91 Å². The first-order chi connectivity index (χ1) is 13.0. The Hall–Kier alpha value is -3.58. The zero-order chi connectivity index (χ0) is 19.1. The van der Waals surface area contributed by atoms with Gasteiger partial charge in [0.15, 0.2) is 0 Å². The van der Waals surface area contributed by atoms with E-state index in [1.54, 1.807) is 43.6 Å². The number of aromatic nitrogens is 2. The van der Waals surface area contributed by atoms with Crippen molar-refractivity contribution in [3.8, 4) is 22.7 Å². The Labute approximate surface area is 154 Å². The van der Waals surface area contributed by atoms with Crippen LogP contribution in [0.4, 0.5) is 0 Å². The molecular weight excluding hydrogens is 346 g/mol. The van der Waals surface area contributed by atoms with E-state index in [2.05, 4.69) is 5.16 Å². The molecule has 1 amide bonds. The predicted octanol–water partition coefficient (Wildman–Crippen LogP) is 3.73. The Morgan fingerprint density at radius 1 is 1.11 bits per heavy atom. The van der Waals surface area contributed by atoms with E-state index >= 15 is 0 Å². The van der Waals surface area contributed by atoms with E-state index in [1.807, 2.05) is 28.8 Å². The Morgan fingerprint density at radius 2 is 1.81 bits per heavy atom. The van der Waals surface area contributed by atoms with Crippen LogP contribution in [-0.4, -0.2) is 25.9 Å². The second-order valence-corrected chi connectivity index (χ2v) is 6.23. The number of aromatic hydroxyl groups is 1. The highest BCUT2D eigenvalue weighted by Crippen LogP contribution is 2.39. The summed E-state index contributed by atoms with van der Waals surface area (Å²) in [6.45, 7) is 3.57. The third-order valence-electron chi connectivity index (χ3n) is 4.58. The van der Waals surface area contributed by atoms with E-state index in [0.29, 0.717) is 33.7 Å². The second kappa shape index (κ2) is 6.30. The van der Waals surface area contributed by atoms with E-state index in [0.717, 1.165) is 11.2 Å². The van der Waals surface area contributed by atoms with Crippen LogP contribution in [0.15, 0.2) is 53.1 Å². The van der Waals surface area contributed by atoms with Crippen molar-refractivity contribution < 1.29 is 19.6 Å². The summed E-state index contributed by atoms with van der Waals surface area (Å²) >= 11 is 0. The minimum Gasteiger partial charge on any atom is -0.508 e. The van der Waals surface area contributed by atoms with Gasteiger partial charge in [-0.05, 0) is 44.2 Å². The van der Waals surface area contributed by atoms with Gasteiger partial charge in [-0.3, -0.25) is 10.0 Å². The monoisotopic (exact) mass is 363 g/mol. The number of rotatable bonds is 3. The molecule has 0 aliphatic rings. The molecule has 0 fully saturated rings. The lowest BCUT2D eigenvalue weighted by Gasteiger charge is -2.12. The number of hydroxylamine groups is 1. The molecule has 0 unspecified atom stereocenters. The molecule has 0 saturated heterocycles. The smallest absolute Gasteiger partial charge is 0.277 e. The average molecular weight is 363 g/mol. The number of phenols is 1. The van der Waals surface area contributed by atoms with Crippen LogP contribution in [-0.2, 0) is 0 Å². The zero-order valence-electron chi connectivity index (χ0n) is 14.7. The molecule has 2 aromatic heterocycles. The van der Waals surface area contributed by atoms with Crippen molar-refractivity contribution in [2.75, 3.05) is 0 Å². The summed E-state index contributed by atoms with van der Waals surface area (Å²) in [5.74, 6) is 0.0727. The van der Waals surface area contributed by atoms with Crippen molar-refractivity contribution in [3.05, 3.63) is 65.5 Å². The Balaban J connectivity index is 2.20. The molecule has 0 spiro atoms. The van der Waals surface area contributed by atoms with Crippen molar-refractivity contribution in [1.82, 2.24) is 15.2 Å². The maximum Gasteiger partial charge on any atom is 0.277 e. The molecule has 3 N–H and O–H groups in total. The number of para-hydroxylation sites is 1. The molecule has 136 valence electrons. The van der Waals surface area contributed by atoms with Crippen molar-refractivity contribution in [3.63, 3.8) is 0 Å². The van der Waals surface area contributed by atoms with Gasteiger partial charge in [0.1, 0.15) is 11.5 Å². The maximum atomic E-state index is 12.6. The third kappa shape index (κ3) is 2.56. The van der Waals surface area contributed by atoms with Gasteiger partial charge in [-0.1, -0.05) is 23.4 Å². The molecule has 0 radical (unpaired) electrons. The molecule has 0 aliphatic heterocycles. The normalized spacial score (nSPS) is 11.1. The molecule has 0 aliphatic carbocycles. The van der Waals surface area contributed by atoms with Crippen LogP contribution in [0.5, 0.6) is 5.75 Å².